The lowest BCUT2D eigenvalue weighted by molar-refractivity contribution is -0.118. The molecule has 5 nitrogen and oxygen atoms in total. The number of hydrogen-bond acceptors (Lipinski definition) is 4. The molecule has 3 rings (SSSR count). The number of carbonyl (C=O) groups is 1. The molecule has 0 atom stereocenters. The zero-order valence-electron chi connectivity index (χ0n) is 16.1. The normalized spacial score (nSPS) is 12.6. The zero-order chi connectivity index (χ0) is 20.1. The number of amides is 1. The molecule has 1 aromatic heterocycles. The average Bonchev–Trinajstić information content (AvgIpc) is 3.05. The van der Waals surface area contributed by atoms with Gasteiger partial charge in [-0.2, -0.15) is 4.99 Å². The summed E-state index contributed by atoms with van der Waals surface area (Å²) < 4.78 is 27.8. The van der Waals surface area contributed by atoms with E-state index < -0.39 is 9.84 Å². The van der Waals surface area contributed by atoms with E-state index in [1.165, 1.54) is 16.9 Å². The summed E-state index contributed by atoms with van der Waals surface area (Å²) in [6, 6.07) is 14.5. The van der Waals surface area contributed by atoms with E-state index in [2.05, 4.69) is 22.5 Å². The molecule has 0 aliphatic carbocycles. The van der Waals surface area contributed by atoms with Crippen LogP contribution in [0.2, 0.25) is 0 Å². The van der Waals surface area contributed by atoms with Crippen molar-refractivity contribution in [2.45, 2.75) is 44.6 Å². The molecule has 3 aromatic rings. The molecule has 0 N–H and O–H groups in total. The molecule has 0 saturated carbocycles. The minimum absolute atomic E-state index is 0.0571. The van der Waals surface area contributed by atoms with Crippen LogP contribution in [0.4, 0.5) is 0 Å². The number of aromatic nitrogens is 1. The average molecular weight is 417 g/mol. The third-order valence-electron chi connectivity index (χ3n) is 4.61. The van der Waals surface area contributed by atoms with Crippen molar-refractivity contribution in [3.05, 3.63) is 58.9 Å². The van der Waals surface area contributed by atoms with Crippen LogP contribution in [0.3, 0.4) is 0 Å². The number of para-hydroxylation sites is 1. The number of carbonyl (C=O) groups excluding carboxylic acids is 1. The van der Waals surface area contributed by atoms with E-state index in [0.29, 0.717) is 9.70 Å². The van der Waals surface area contributed by atoms with Gasteiger partial charge in [0.2, 0.25) is 5.91 Å². The van der Waals surface area contributed by atoms with Crippen molar-refractivity contribution in [1.82, 2.24) is 4.57 Å². The van der Waals surface area contributed by atoms with Crippen LogP contribution in [0.5, 0.6) is 0 Å². The molecule has 0 aliphatic rings. The predicted molar refractivity (Wildman–Crippen MR) is 113 cm³/mol. The van der Waals surface area contributed by atoms with E-state index in [-0.39, 0.29) is 24.5 Å². The summed E-state index contributed by atoms with van der Waals surface area (Å²) in [5, 5.41) is 0. The van der Waals surface area contributed by atoms with Crippen molar-refractivity contribution in [2.75, 3.05) is 5.75 Å². The van der Waals surface area contributed by atoms with Gasteiger partial charge in [0.05, 0.1) is 20.9 Å². The second-order valence-electron chi connectivity index (χ2n) is 6.49. The highest BCUT2D eigenvalue weighted by Gasteiger charge is 2.15. The highest BCUT2D eigenvalue weighted by atomic mass is 32.2. The molecule has 2 aromatic carbocycles. The Morgan fingerprint density at radius 3 is 2.50 bits per heavy atom. The zero-order valence-corrected chi connectivity index (χ0v) is 17.7. The fourth-order valence-corrected chi connectivity index (χ4v) is 5.68. The second-order valence-corrected chi connectivity index (χ2v) is 9.61. The number of hydrogen-bond donors (Lipinski definition) is 0. The number of sulfone groups is 1. The van der Waals surface area contributed by atoms with Crippen molar-refractivity contribution in [1.29, 1.82) is 0 Å². The van der Waals surface area contributed by atoms with Crippen molar-refractivity contribution in [3.8, 4) is 0 Å². The second kappa shape index (κ2) is 8.84. The summed E-state index contributed by atoms with van der Waals surface area (Å²) >= 11 is 1.50. The fourth-order valence-electron chi connectivity index (χ4n) is 3.19. The fraction of sp³-hybridized carbons (Fsp3) is 0.333. The first-order valence-corrected chi connectivity index (χ1v) is 11.9. The summed E-state index contributed by atoms with van der Waals surface area (Å²) in [6.07, 6.45) is 1.29. The SMILES string of the molecule is CCc1cccc2sc(=NC(=O)CCCS(=O)(=O)c3ccccc3)n(CC)c12. The van der Waals surface area contributed by atoms with Gasteiger partial charge in [0.25, 0.3) is 0 Å². The summed E-state index contributed by atoms with van der Waals surface area (Å²) in [4.78, 5) is 17.6. The molecule has 0 saturated heterocycles. The van der Waals surface area contributed by atoms with Gasteiger partial charge in [-0.25, -0.2) is 8.42 Å². The van der Waals surface area contributed by atoms with Gasteiger partial charge in [-0.3, -0.25) is 4.79 Å². The lowest BCUT2D eigenvalue weighted by Crippen LogP contribution is -2.17. The van der Waals surface area contributed by atoms with Crippen LogP contribution in [0.1, 0.15) is 32.3 Å². The lowest BCUT2D eigenvalue weighted by Gasteiger charge is -2.05. The van der Waals surface area contributed by atoms with Crippen LogP contribution in [0.15, 0.2) is 58.4 Å². The molecule has 1 amide bonds. The Morgan fingerprint density at radius 2 is 1.82 bits per heavy atom. The Bertz CT molecular complexity index is 1140. The molecular weight excluding hydrogens is 392 g/mol. The van der Waals surface area contributed by atoms with E-state index in [4.69, 9.17) is 0 Å². The summed E-state index contributed by atoms with van der Waals surface area (Å²) in [7, 11) is -3.37. The maximum atomic E-state index is 12.4. The number of nitrogens with zero attached hydrogens (tertiary/aromatic N) is 2. The molecule has 28 heavy (non-hydrogen) atoms. The van der Waals surface area contributed by atoms with E-state index in [1.807, 2.05) is 19.1 Å². The summed E-state index contributed by atoms with van der Waals surface area (Å²) in [6.45, 7) is 4.88. The Balaban J connectivity index is 1.76. The van der Waals surface area contributed by atoms with E-state index in [9.17, 15) is 13.2 Å². The van der Waals surface area contributed by atoms with Crippen LogP contribution in [-0.2, 0) is 27.6 Å². The maximum Gasteiger partial charge on any atom is 0.248 e. The van der Waals surface area contributed by atoms with Gasteiger partial charge in [-0.15, -0.1) is 0 Å². The lowest BCUT2D eigenvalue weighted by atomic mass is 10.1. The first kappa shape index (κ1) is 20.5. The number of benzene rings is 2. The Labute approximate surface area is 169 Å². The van der Waals surface area contributed by atoms with Crippen molar-refractivity contribution >= 4 is 37.3 Å². The quantitative estimate of drug-likeness (QED) is 0.585. The topological polar surface area (TPSA) is 68.5 Å². The standard InChI is InChI=1S/C21H24N2O3S2/c1-3-16-10-8-13-18-20(16)23(4-2)21(27-18)22-19(24)14-9-15-28(25,26)17-11-6-5-7-12-17/h5-8,10-13H,3-4,9,14-15H2,1-2H3. The summed E-state index contributed by atoms with van der Waals surface area (Å²) in [5.74, 6) is -0.339. The molecule has 7 heteroatoms. The first-order valence-electron chi connectivity index (χ1n) is 9.43. The van der Waals surface area contributed by atoms with Gasteiger partial charge in [-0.1, -0.05) is 48.6 Å². The number of fused-ring (bicyclic) bond motifs is 1. The van der Waals surface area contributed by atoms with Gasteiger partial charge in [0.15, 0.2) is 14.6 Å². The van der Waals surface area contributed by atoms with Crippen molar-refractivity contribution in [3.63, 3.8) is 0 Å². The highest BCUT2D eigenvalue weighted by Crippen LogP contribution is 2.22. The molecular formula is C21H24N2O3S2. The predicted octanol–water partition coefficient (Wildman–Crippen LogP) is 3.97. The maximum absolute atomic E-state index is 12.4. The van der Waals surface area contributed by atoms with Gasteiger partial charge in [0.1, 0.15) is 0 Å². The first-order chi connectivity index (χ1) is 13.5. The third kappa shape index (κ3) is 4.42. The van der Waals surface area contributed by atoms with E-state index in [1.54, 1.807) is 30.3 Å². The van der Waals surface area contributed by atoms with Gasteiger partial charge in [0, 0.05) is 13.0 Å². The Morgan fingerprint density at radius 1 is 1.07 bits per heavy atom. The van der Waals surface area contributed by atoms with Crippen LogP contribution in [-0.4, -0.2) is 24.6 Å². The Kier molecular flexibility index (Phi) is 6.46. The van der Waals surface area contributed by atoms with Crippen LogP contribution in [0, 0.1) is 0 Å². The molecule has 1 heterocycles. The monoisotopic (exact) mass is 416 g/mol. The molecule has 0 radical (unpaired) electrons. The largest absolute Gasteiger partial charge is 0.316 e. The van der Waals surface area contributed by atoms with Crippen LogP contribution in [0.25, 0.3) is 10.2 Å². The molecule has 0 aliphatic heterocycles. The molecule has 0 spiro atoms. The van der Waals surface area contributed by atoms with Crippen molar-refractivity contribution in [2.24, 2.45) is 4.99 Å². The smallest absolute Gasteiger partial charge is 0.248 e. The number of thiazole rings is 1. The van der Waals surface area contributed by atoms with Crippen molar-refractivity contribution < 1.29 is 13.2 Å². The molecule has 0 fully saturated rings. The van der Waals surface area contributed by atoms with Crippen LogP contribution < -0.4 is 4.80 Å². The number of aryl methyl sites for hydroxylation is 2. The highest BCUT2D eigenvalue weighted by molar-refractivity contribution is 7.91. The molecule has 148 valence electrons. The molecule has 0 bridgehead atoms. The van der Waals surface area contributed by atoms with Gasteiger partial charge >= 0.3 is 0 Å². The van der Waals surface area contributed by atoms with Gasteiger partial charge < -0.3 is 4.57 Å². The van der Waals surface area contributed by atoms with E-state index in [0.717, 1.165) is 23.2 Å². The number of rotatable bonds is 7. The van der Waals surface area contributed by atoms with Crippen LogP contribution >= 0.6 is 11.3 Å². The summed E-state index contributed by atoms with van der Waals surface area (Å²) in [5.41, 5.74) is 2.37. The minimum Gasteiger partial charge on any atom is -0.316 e. The Hall–Kier alpha value is -2.25. The molecule has 0 unspecified atom stereocenters. The minimum atomic E-state index is -3.37. The van der Waals surface area contributed by atoms with E-state index >= 15 is 0 Å². The van der Waals surface area contributed by atoms with Gasteiger partial charge in [-0.05, 0) is 43.5 Å². The third-order valence-corrected chi connectivity index (χ3v) is 7.47.